The topological polar surface area (TPSA) is 67.8 Å². The Morgan fingerprint density at radius 3 is 2.74 bits per heavy atom. The van der Waals surface area contributed by atoms with Crippen LogP contribution in [0.5, 0.6) is 5.75 Å². The number of hydrogen-bond donors (Lipinski definition) is 2. The van der Waals surface area contributed by atoms with Gasteiger partial charge in [-0.25, -0.2) is 4.79 Å². The second-order valence-corrected chi connectivity index (χ2v) is 4.67. The standard InChI is InChI=1S/C13H14ClNO4/c1-7(2)18-13-11(10(14)12(17)19-13)15-8-5-3-4-6-9(8)16/h3-7,13,15-16H,1-2H3/t13-/m0/s1. The molecule has 0 saturated carbocycles. The number of rotatable bonds is 4. The zero-order valence-electron chi connectivity index (χ0n) is 10.5. The molecule has 1 aliphatic rings. The van der Waals surface area contributed by atoms with Crippen molar-refractivity contribution in [1.82, 2.24) is 0 Å². The number of para-hydroxylation sites is 2. The Morgan fingerprint density at radius 2 is 2.11 bits per heavy atom. The average molecular weight is 284 g/mol. The van der Waals surface area contributed by atoms with Crippen LogP contribution in [0.2, 0.25) is 0 Å². The van der Waals surface area contributed by atoms with Crippen LogP contribution < -0.4 is 5.32 Å². The molecule has 5 nitrogen and oxygen atoms in total. The molecular weight excluding hydrogens is 270 g/mol. The third-order valence-electron chi connectivity index (χ3n) is 2.43. The van der Waals surface area contributed by atoms with Crippen molar-refractivity contribution >= 4 is 23.3 Å². The second kappa shape index (κ2) is 5.50. The van der Waals surface area contributed by atoms with Gasteiger partial charge in [0.2, 0.25) is 6.29 Å². The predicted octanol–water partition coefficient (Wildman–Crippen LogP) is 2.56. The van der Waals surface area contributed by atoms with E-state index in [4.69, 9.17) is 21.1 Å². The first-order valence-electron chi connectivity index (χ1n) is 5.80. The maximum atomic E-state index is 11.5. The van der Waals surface area contributed by atoms with Gasteiger partial charge >= 0.3 is 5.97 Å². The maximum absolute atomic E-state index is 11.5. The number of hydrogen-bond acceptors (Lipinski definition) is 5. The van der Waals surface area contributed by atoms with E-state index in [1.807, 2.05) is 13.8 Å². The van der Waals surface area contributed by atoms with Gasteiger partial charge in [0.1, 0.15) is 11.4 Å². The smallest absolute Gasteiger partial charge is 0.354 e. The Labute approximate surface area is 115 Å². The Bertz CT molecular complexity index is 527. The summed E-state index contributed by atoms with van der Waals surface area (Å²) in [6, 6.07) is 6.61. The second-order valence-electron chi connectivity index (χ2n) is 4.29. The number of benzene rings is 1. The fraction of sp³-hybridized carbons (Fsp3) is 0.308. The Morgan fingerprint density at radius 1 is 1.42 bits per heavy atom. The molecule has 1 heterocycles. The van der Waals surface area contributed by atoms with Gasteiger partial charge in [0.05, 0.1) is 11.8 Å². The Kier molecular flexibility index (Phi) is 3.97. The zero-order valence-corrected chi connectivity index (χ0v) is 11.3. The van der Waals surface area contributed by atoms with Gasteiger partial charge in [-0.1, -0.05) is 23.7 Å². The fourth-order valence-corrected chi connectivity index (χ4v) is 1.78. The number of carbonyl (C=O) groups excluding carboxylic acids is 1. The molecule has 0 saturated heterocycles. The van der Waals surface area contributed by atoms with Gasteiger partial charge in [0.15, 0.2) is 5.03 Å². The van der Waals surface area contributed by atoms with Crippen molar-refractivity contribution in [3.8, 4) is 5.75 Å². The quantitative estimate of drug-likeness (QED) is 0.657. The molecule has 0 aliphatic carbocycles. The maximum Gasteiger partial charge on any atom is 0.354 e. The van der Waals surface area contributed by atoms with Crippen LogP contribution >= 0.6 is 11.6 Å². The number of esters is 1. The highest BCUT2D eigenvalue weighted by molar-refractivity contribution is 6.42. The summed E-state index contributed by atoms with van der Waals surface area (Å²) in [5.41, 5.74) is 0.716. The third kappa shape index (κ3) is 3.00. The number of cyclic esters (lactones) is 1. The van der Waals surface area contributed by atoms with Crippen LogP contribution in [-0.4, -0.2) is 23.5 Å². The number of anilines is 1. The molecule has 102 valence electrons. The lowest BCUT2D eigenvalue weighted by Crippen LogP contribution is -2.23. The number of nitrogens with one attached hydrogen (secondary N) is 1. The molecule has 6 heteroatoms. The highest BCUT2D eigenvalue weighted by Crippen LogP contribution is 2.31. The van der Waals surface area contributed by atoms with Crippen LogP contribution in [0.1, 0.15) is 13.8 Å². The molecule has 0 amide bonds. The molecule has 2 N–H and O–H groups in total. The van der Waals surface area contributed by atoms with E-state index in [2.05, 4.69) is 5.32 Å². The summed E-state index contributed by atoms with van der Waals surface area (Å²) < 4.78 is 10.4. The summed E-state index contributed by atoms with van der Waals surface area (Å²) in [6.07, 6.45) is -1.03. The van der Waals surface area contributed by atoms with Crippen molar-refractivity contribution in [1.29, 1.82) is 0 Å². The fourth-order valence-electron chi connectivity index (χ4n) is 1.60. The number of ether oxygens (including phenoxy) is 2. The lowest BCUT2D eigenvalue weighted by atomic mass is 10.2. The van der Waals surface area contributed by atoms with Gasteiger partial charge in [0.25, 0.3) is 0 Å². The predicted molar refractivity (Wildman–Crippen MR) is 70.7 cm³/mol. The first-order chi connectivity index (χ1) is 8.99. The number of phenols is 1. The van der Waals surface area contributed by atoms with Gasteiger partial charge in [0, 0.05) is 0 Å². The summed E-state index contributed by atoms with van der Waals surface area (Å²) in [5.74, 6) is -0.604. The first kappa shape index (κ1) is 13.7. The monoisotopic (exact) mass is 283 g/mol. The summed E-state index contributed by atoms with van der Waals surface area (Å²) in [4.78, 5) is 11.5. The molecule has 1 aromatic rings. The zero-order chi connectivity index (χ0) is 14.0. The van der Waals surface area contributed by atoms with Crippen molar-refractivity contribution in [2.75, 3.05) is 5.32 Å². The SMILES string of the molecule is CC(C)O[C@H]1OC(=O)C(Cl)=C1Nc1ccccc1O. The highest BCUT2D eigenvalue weighted by atomic mass is 35.5. The van der Waals surface area contributed by atoms with Crippen LogP contribution in [0.3, 0.4) is 0 Å². The van der Waals surface area contributed by atoms with E-state index in [0.29, 0.717) is 11.4 Å². The lowest BCUT2D eigenvalue weighted by molar-refractivity contribution is -0.165. The van der Waals surface area contributed by atoms with Gasteiger partial charge < -0.3 is 19.9 Å². The van der Waals surface area contributed by atoms with Crippen molar-refractivity contribution < 1.29 is 19.4 Å². The average Bonchev–Trinajstić information content (AvgIpc) is 2.59. The van der Waals surface area contributed by atoms with E-state index >= 15 is 0 Å². The molecule has 0 unspecified atom stereocenters. The van der Waals surface area contributed by atoms with Gasteiger partial charge in [-0.3, -0.25) is 0 Å². The van der Waals surface area contributed by atoms with E-state index in [1.54, 1.807) is 18.2 Å². The van der Waals surface area contributed by atoms with E-state index in [1.165, 1.54) is 6.07 Å². The molecule has 1 aliphatic heterocycles. The molecule has 2 rings (SSSR count). The molecule has 0 radical (unpaired) electrons. The number of carbonyl (C=O) groups is 1. The van der Waals surface area contributed by atoms with Crippen LogP contribution in [0.4, 0.5) is 5.69 Å². The van der Waals surface area contributed by atoms with Crippen molar-refractivity contribution in [3.05, 3.63) is 35.0 Å². The summed E-state index contributed by atoms with van der Waals surface area (Å²) in [7, 11) is 0. The Balaban J connectivity index is 2.25. The van der Waals surface area contributed by atoms with Gasteiger partial charge in [-0.2, -0.15) is 0 Å². The highest BCUT2D eigenvalue weighted by Gasteiger charge is 2.35. The summed E-state index contributed by atoms with van der Waals surface area (Å²) in [6.45, 7) is 3.63. The number of halogens is 1. The van der Waals surface area contributed by atoms with Gasteiger partial charge in [-0.15, -0.1) is 0 Å². The minimum absolute atomic E-state index is 0.0436. The number of phenolic OH excluding ortho intramolecular Hbond substituents is 1. The Hall–Kier alpha value is -1.72. The van der Waals surface area contributed by atoms with Gasteiger partial charge in [-0.05, 0) is 26.0 Å². The van der Waals surface area contributed by atoms with Crippen molar-refractivity contribution in [2.24, 2.45) is 0 Å². The normalized spacial score (nSPS) is 18.9. The van der Waals surface area contributed by atoms with Crippen molar-refractivity contribution in [2.45, 2.75) is 26.2 Å². The van der Waals surface area contributed by atoms with Crippen LogP contribution in [-0.2, 0) is 14.3 Å². The molecule has 0 bridgehead atoms. The largest absolute Gasteiger partial charge is 0.506 e. The number of aromatic hydroxyl groups is 1. The molecule has 0 spiro atoms. The van der Waals surface area contributed by atoms with Crippen LogP contribution in [0.25, 0.3) is 0 Å². The molecule has 1 atom stereocenters. The molecular formula is C13H14ClNO4. The van der Waals surface area contributed by atoms with E-state index in [-0.39, 0.29) is 16.9 Å². The van der Waals surface area contributed by atoms with Crippen LogP contribution in [0, 0.1) is 0 Å². The molecule has 1 aromatic carbocycles. The van der Waals surface area contributed by atoms with Crippen LogP contribution in [0.15, 0.2) is 35.0 Å². The molecule has 19 heavy (non-hydrogen) atoms. The summed E-state index contributed by atoms with van der Waals surface area (Å²) >= 11 is 5.89. The molecule has 0 aromatic heterocycles. The lowest BCUT2D eigenvalue weighted by Gasteiger charge is -2.18. The summed E-state index contributed by atoms with van der Waals surface area (Å²) in [5, 5.41) is 12.5. The van der Waals surface area contributed by atoms with E-state index < -0.39 is 12.3 Å². The van der Waals surface area contributed by atoms with E-state index in [9.17, 15) is 9.90 Å². The first-order valence-corrected chi connectivity index (χ1v) is 6.18. The van der Waals surface area contributed by atoms with Crippen molar-refractivity contribution in [3.63, 3.8) is 0 Å². The van der Waals surface area contributed by atoms with E-state index in [0.717, 1.165) is 0 Å². The third-order valence-corrected chi connectivity index (χ3v) is 2.79. The minimum atomic E-state index is -0.889. The molecule has 0 fully saturated rings. The minimum Gasteiger partial charge on any atom is -0.506 e.